The van der Waals surface area contributed by atoms with Crippen molar-refractivity contribution in [2.24, 2.45) is 0 Å². The fourth-order valence-corrected chi connectivity index (χ4v) is 7.30. The highest BCUT2D eigenvalue weighted by Gasteiger charge is 2.46. The van der Waals surface area contributed by atoms with Crippen molar-refractivity contribution in [3.05, 3.63) is 189 Å². The van der Waals surface area contributed by atoms with Crippen molar-refractivity contribution in [1.29, 1.82) is 0 Å². The number of benzene rings is 6. The second-order valence-corrected chi connectivity index (χ2v) is 13.0. The molecule has 0 saturated carbocycles. The fourth-order valence-electron chi connectivity index (χ4n) is 7.30. The predicted molar refractivity (Wildman–Crippen MR) is 198 cm³/mol. The third-order valence-corrected chi connectivity index (χ3v) is 9.87. The molecule has 6 heteroatoms. The van der Waals surface area contributed by atoms with Crippen molar-refractivity contribution in [3.63, 3.8) is 0 Å². The van der Waals surface area contributed by atoms with E-state index in [0.29, 0.717) is 26.1 Å². The zero-order valence-corrected chi connectivity index (χ0v) is 28.6. The lowest BCUT2D eigenvalue weighted by Gasteiger charge is -2.34. The van der Waals surface area contributed by atoms with Crippen LogP contribution in [0.15, 0.2) is 133 Å². The number of carboxylic acids is 2. The fraction of sp³-hybridized carbons (Fsp3) is 0.156. The van der Waals surface area contributed by atoms with Gasteiger partial charge in [0.05, 0.1) is 29.8 Å². The highest BCUT2D eigenvalue weighted by Crippen LogP contribution is 2.56. The Morgan fingerprint density at radius 3 is 1.29 bits per heavy atom. The number of ether oxygens (including phenoxy) is 2. The molecule has 254 valence electrons. The van der Waals surface area contributed by atoms with Crippen molar-refractivity contribution in [2.45, 2.75) is 32.1 Å². The second kappa shape index (κ2) is 14.0. The van der Waals surface area contributed by atoms with Gasteiger partial charge in [0.25, 0.3) is 0 Å². The topological polar surface area (TPSA) is 93.1 Å². The van der Waals surface area contributed by atoms with Gasteiger partial charge in [0.15, 0.2) is 0 Å². The average molecular weight is 675 g/mol. The Morgan fingerprint density at radius 2 is 0.922 bits per heavy atom. The number of hydrogen-bond donors (Lipinski definition) is 2. The van der Waals surface area contributed by atoms with Gasteiger partial charge in [-0.3, -0.25) is 0 Å². The van der Waals surface area contributed by atoms with E-state index in [1.165, 1.54) is 22.3 Å². The smallest absolute Gasteiger partial charge is 0.335 e. The molecular weight excluding hydrogens is 636 g/mol. The quantitative estimate of drug-likeness (QED) is 0.134. The summed E-state index contributed by atoms with van der Waals surface area (Å²) >= 11 is 0. The van der Waals surface area contributed by atoms with E-state index in [0.717, 1.165) is 44.9 Å². The molecule has 0 spiro atoms. The minimum Gasteiger partial charge on any atom is -0.493 e. The number of fused-ring (bicyclic) bond motifs is 3. The van der Waals surface area contributed by atoms with Crippen LogP contribution in [-0.4, -0.2) is 35.4 Å². The first kappa shape index (κ1) is 33.4. The van der Waals surface area contributed by atoms with Gasteiger partial charge in [-0.05, 0) is 106 Å². The molecule has 0 radical (unpaired) electrons. The molecule has 7 rings (SSSR count). The number of rotatable bonds is 12. The molecular formula is C45H38O6. The monoisotopic (exact) mass is 674 g/mol. The van der Waals surface area contributed by atoms with E-state index in [2.05, 4.69) is 98.8 Å². The third-order valence-electron chi connectivity index (χ3n) is 9.87. The molecule has 1 aliphatic rings. The van der Waals surface area contributed by atoms with E-state index in [4.69, 9.17) is 9.47 Å². The Kier molecular flexibility index (Phi) is 9.16. The number of hydrogen-bond acceptors (Lipinski definition) is 4. The molecule has 0 aliphatic heterocycles. The Balaban J connectivity index is 1.19. The Morgan fingerprint density at radius 1 is 0.529 bits per heavy atom. The molecule has 6 aromatic rings. The molecule has 0 heterocycles. The lowest BCUT2D eigenvalue weighted by atomic mass is 9.67. The van der Waals surface area contributed by atoms with Crippen molar-refractivity contribution in [2.75, 3.05) is 13.2 Å². The molecule has 6 nitrogen and oxygen atoms in total. The minimum absolute atomic E-state index is 0.273. The van der Waals surface area contributed by atoms with Crippen LogP contribution in [0.1, 0.15) is 65.2 Å². The van der Waals surface area contributed by atoms with E-state index in [-0.39, 0.29) is 11.1 Å². The standard InChI is InChI=1S/C45H38O6/c1-29-27-35(19-21-41(29)50-25-23-31-11-15-33(16-12-31)43(46)47)45(39-9-5-3-7-37(39)38-8-4-6-10-40(38)45)36-20-22-42(30(2)28-36)51-26-24-32-13-17-34(18-14-32)44(48)49/h3-22,27-28H,23-26H2,1-2H3,(H,46,47)(H,48,49). The Labute approximate surface area is 297 Å². The predicted octanol–water partition coefficient (Wildman–Crippen LogP) is 9.31. The largest absolute Gasteiger partial charge is 0.493 e. The summed E-state index contributed by atoms with van der Waals surface area (Å²) in [5.41, 5.74) is 11.2. The van der Waals surface area contributed by atoms with E-state index in [9.17, 15) is 19.8 Å². The summed E-state index contributed by atoms with van der Waals surface area (Å²) < 4.78 is 12.6. The van der Waals surface area contributed by atoms with Crippen LogP contribution in [0.3, 0.4) is 0 Å². The molecule has 6 aromatic carbocycles. The first-order valence-corrected chi connectivity index (χ1v) is 17.1. The van der Waals surface area contributed by atoms with Crippen molar-refractivity contribution in [1.82, 2.24) is 0 Å². The first-order valence-electron chi connectivity index (χ1n) is 17.1. The van der Waals surface area contributed by atoms with Crippen molar-refractivity contribution >= 4 is 11.9 Å². The summed E-state index contributed by atoms with van der Waals surface area (Å²) in [5.74, 6) is -0.240. The molecule has 0 aromatic heterocycles. The molecule has 2 N–H and O–H groups in total. The second-order valence-electron chi connectivity index (χ2n) is 13.0. The van der Waals surface area contributed by atoms with E-state index < -0.39 is 17.4 Å². The van der Waals surface area contributed by atoms with Gasteiger partial charge >= 0.3 is 11.9 Å². The van der Waals surface area contributed by atoms with Crippen LogP contribution in [0.4, 0.5) is 0 Å². The summed E-state index contributed by atoms with van der Waals surface area (Å²) in [7, 11) is 0. The van der Waals surface area contributed by atoms with Crippen LogP contribution < -0.4 is 9.47 Å². The molecule has 0 amide bonds. The summed E-state index contributed by atoms with van der Waals surface area (Å²) in [6.45, 7) is 5.10. The highest BCUT2D eigenvalue weighted by atomic mass is 16.5. The third kappa shape index (κ3) is 6.37. The van der Waals surface area contributed by atoms with E-state index in [1.807, 2.05) is 24.3 Å². The lowest BCUT2D eigenvalue weighted by molar-refractivity contribution is 0.0686. The minimum atomic E-state index is -0.933. The highest BCUT2D eigenvalue weighted by molar-refractivity contribution is 5.88. The van der Waals surface area contributed by atoms with Gasteiger partial charge in [0.1, 0.15) is 11.5 Å². The maximum Gasteiger partial charge on any atom is 0.335 e. The van der Waals surface area contributed by atoms with Crippen LogP contribution >= 0.6 is 0 Å². The maximum atomic E-state index is 11.2. The first-order chi connectivity index (χ1) is 24.8. The maximum absolute atomic E-state index is 11.2. The number of carbonyl (C=O) groups is 2. The van der Waals surface area contributed by atoms with Crippen LogP contribution in [0.2, 0.25) is 0 Å². The number of aromatic carboxylic acids is 2. The van der Waals surface area contributed by atoms with Crippen LogP contribution in [0, 0.1) is 13.8 Å². The average Bonchev–Trinajstić information content (AvgIpc) is 3.44. The van der Waals surface area contributed by atoms with Gasteiger partial charge in [-0.2, -0.15) is 0 Å². The van der Waals surface area contributed by atoms with E-state index in [1.54, 1.807) is 24.3 Å². The van der Waals surface area contributed by atoms with Gasteiger partial charge in [-0.1, -0.05) is 97.1 Å². The van der Waals surface area contributed by atoms with Gasteiger partial charge in [-0.25, -0.2) is 9.59 Å². The normalized spacial score (nSPS) is 12.5. The zero-order valence-electron chi connectivity index (χ0n) is 28.6. The van der Waals surface area contributed by atoms with Crippen LogP contribution in [-0.2, 0) is 18.3 Å². The van der Waals surface area contributed by atoms with Gasteiger partial charge in [-0.15, -0.1) is 0 Å². The molecule has 0 fully saturated rings. The van der Waals surface area contributed by atoms with Gasteiger partial charge < -0.3 is 19.7 Å². The number of carboxylic acid groups (broad SMARTS) is 2. The molecule has 0 saturated heterocycles. The molecule has 0 unspecified atom stereocenters. The SMILES string of the molecule is Cc1cc(C2(c3ccc(OCCc4ccc(C(=O)O)cc4)c(C)c3)c3ccccc3-c3ccccc32)ccc1OCCc1ccc(C(=O)O)cc1. The van der Waals surface area contributed by atoms with Crippen LogP contribution in [0.5, 0.6) is 11.5 Å². The lowest BCUT2D eigenvalue weighted by Crippen LogP contribution is -2.29. The molecule has 51 heavy (non-hydrogen) atoms. The Bertz CT molecular complexity index is 2070. The molecule has 1 aliphatic carbocycles. The zero-order chi connectivity index (χ0) is 35.5. The van der Waals surface area contributed by atoms with Crippen molar-refractivity contribution < 1.29 is 29.3 Å². The summed E-state index contributed by atoms with van der Waals surface area (Å²) in [6.07, 6.45) is 1.33. The van der Waals surface area contributed by atoms with Gasteiger partial charge in [0.2, 0.25) is 0 Å². The molecule has 0 bridgehead atoms. The van der Waals surface area contributed by atoms with Crippen LogP contribution in [0.25, 0.3) is 11.1 Å². The summed E-state index contributed by atoms with van der Waals surface area (Å²) in [6, 6.07) is 44.1. The van der Waals surface area contributed by atoms with E-state index >= 15 is 0 Å². The summed E-state index contributed by atoms with van der Waals surface area (Å²) in [4.78, 5) is 22.4. The molecule has 0 atom stereocenters. The van der Waals surface area contributed by atoms with Gasteiger partial charge in [0, 0.05) is 12.8 Å². The van der Waals surface area contributed by atoms with Crippen molar-refractivity contribution in [3.8, 4) is 22.6 Å². The number of aryl methyl sites for hydroxylation is 2. The Hall–Kier alpha value is -6.14. The summed E-state index contributed by atoms with van der Waals surface area (Å²) in [5, 5.41) is 18.4.